The van der Waals surface area contributed by atoms with Gasteiger partial charge in [-0.25, -0.2) is 4.99 Å². The number of thioether (sulfide) groups is 1. The first kappa shape index (κ1) is 24.1. The number of amidine groups is 1. The summed E-state index contributed by atoms with van der Waals surface area (Å²) in [5, 5.41) is 11.7. The summed E-state index contributed by atoms with van der Waals surface area (Å²) in [6, 6.07) is 13.7. The summed E-state index contributed by atoms with van der Waals surface area (Å²) in [6.45, 7) is 15.2. The van der Waals surface area contributed by atoms with Crippen molar-refractivity contribution in [1.29, 1.82) is 0 Å². The second kappa shape index (κ2) is 9.14. The molecule has 0 radical (unpaired) electrons. The van der Waals surface area contributed by atoms with Crippen molar-refractivity contribution in [3.8, 4) is 5.75 Å². The van der Waals surface area contributed by atoms with Gasteiger partial charge < -0.3 is 5.11 Å². The third-order valence-electron chi connectivity index (χ3n) is 5.36. The molecule has 170 valence electrons. The van der Waals surface area contributed by atoms with Gasteiger partial charge in [-0.2, -0.15) is 0 Å². The van der Waals surface area contributed by atoms with Crippen LogP contribution in [-0.2, 0) is 15.6 Å². The summed E-state index contributed by atoms with van der Waals surface area (Å²) in [5.74, 6) is 0.325. The molecule has 1 amide bonds. The molecule has 0 spiro atoms. The number of carbonyl (C=O) groups is 1. The Hall–Kier alpha value is -2.53. The molecule has 0 saturated carbocycles. The third-order valence-corrected chi connectivity index (χ3v) is 6.37. The fourth-order valence-electron chi connectivity index (χ4n) is 3.66. The minimum Gasteiger partial charge on any atom is -0.507 e. The van der Waals surface area contributed by atoms with Crippen molar-refractivity contribution in [2.45, 2.75) is 65.7 Å². The minimum atomic E-state index is -0.223. The van der Waals surface area contributed by atoms with Crippen molar-refractivity contribution in [1.82, 2.24) is 4.90 Å². The van der Waals surface area contributed by atoms with Crippen molar-refractivity contribution in [3.63, 3.8) is 0 Å². The van der Waals surface area contributed by atoms with Crippen LogP contribution in [0.1, 0.15) is 71.6 Å². The van der Waals surface area contributed by atoms with Crippen LogP contribution in [0.4, 0.5) is 5.69 Å². The number of aromatic hydroxyl groups is 1. The highest BCUT2D eigenvalue weighted by molar-refractivity contribution is 8.18. The first-order valence-corrected chi connectivity index (χ1v) is 12.0. The quantitative estimate of drug-likeness (QED) is 0.510. The van der Waals surface area contributed by atoms with Crippen molar-refractivity contribution < 1.29 is 9.90 Å². The molecule has 3 rings (SSSR count). The van der Waals surface area contributed by atoms with E-state index in [2.05, 4.69) is 48.5 Å². The second-order valence-corrected chi connectivity index (χ2v) is 11.3. The van der Waals surface area contributed by atoms with Crippen LogP contribution in [0.2, 0.25) is 0 Å². The standard InChI is InChI=1S/C27H34N2O2S/c1-8-14-29-24(31)22(32-25(29)28-19-12-10-9-11-13-19)17-18-15-20(26(2,3)4)23(30)21(16-18)27(5,6)7/h9-13,15-17,30H,8,14H2,1-7H3/b22-17+,28-25?. The topological polar surface area (TPSA) is 52.9 Å². The van der Waals surface area contributed by atoms with Crippen LogP contribution in [0.3, 0.4) is 0 Å². The van der Waals surface area contributed by atoms with Gasteiger partial charge in [-0.3, -0.25) is 9.69 Å². The number of benzene rings is 2. The number of nitrogens with zero attached hydrogens (tertiary/aromatic N) is 2. The molecule has 0 atom stereocenters. The molecule has 0 aromatic heterocycles. The molecular weight excluding hydrogens is 416 g/mol. The Kier molecular flexibility index (Phi) is 6.89. The van der Waals surface area contributed by atoms with Gasteiger partial charge in [0, 0.05) is 17.7 Å². The van der Waals surface area contributed by atoms with E-state index in [0.717, 1.165) is 28.8 Å². The molecule has 4 nitrogen and oxygen atoms in total. The molecule has 5 heteroatoms. The van der Waals surface area contributed by atoms with Gasteiger partial charge in [-0.05, 0) is 64.9 Å². The minimum absolute atomic E-state index is 0.0192. The largest absolute Gasteiger partial charge is 0.507 e. The van der Waals surface area contributed by atoms with Gasteiger partial charge in [0.15, 0.2) is 5.17 Å². The lowest BCUT2D eigenvalue weighted by Crippen LogP contribution is -2.29. The summed E-state index contributed by atoms with van der Waals surface area (Å²) in [6.07, 6.45) is 2.79. The maximum absolute atomic E-state index is 13.2. The lowest BCUT2D eigenvalue weighted by Gasteiger charge is -2.28. The van der Waals surface area contributed by atoms with Gasteiger partial charge >= 0.3 is 0 Å². The highest BCUT2D eigenvalue weighted by atomic mass is 32.2. The summed E-state index contributed by atoms with van der Waals surface area (Å²) in [4.78, 5) is 20.4. The van der Waals surface area contributed by atoms with Crippen molar-refractivity contribution in [2.24, 2.45) is 4.99 Å². The average molecular weight is 451 g/mol. The highest BCUT2D eigenvalue weighted by Gasteiger charge is 2.33. The molecule has 1 saturated heterocycles. The Morgan fingerprint density at radius 3 is 2.06 bits per heavy atom. The molecule has 32 heavy (non-hydrogen) atoms. The zero-order chi connectivity index (χ0) is 23.7. The summed E-state index contributed by atoms with van der Waals surface area (Å²) >= 11 is 1.41. The van der Waals surface area contributed by atoms with Crippen molar-refractivity contribution in [3.05, 3.63) is 64.1 Å². The van der Waals surface area contributed by atoms with Gasteiger partial charge in [0.1, 0.15) is 5.75 Å². The molecule has 1 N–H and O–H groups in total. The molecule has 1 aliphatic rings. The molecule has 2 aromatic carbocycles. The predicted molar refractivity (Wildman–Crippen MR) is 137 cm³/mol. The first-order valence-electron chi connectivity index (χ1n) is 11.1. The number of phenols is 1. The Balaban J connectivity index is 2.09. The van der Waals surface area contributed by atoms with Crippen molar-refractivity contribution in [2.75, 3.05) is 6.54 Å². The third kappa shape index (κ3) is 5.26. The fraction of sp³-hybridized carbons (Fsp3) is 0.407. The van der Waals surface area contributed by atoms with Crippen LogP contribution >= 0.6 is 11.8 Å². The van der Waals surface area contributed by atoms with Crippen LogP contribution in [0.15, 0.2) is 52.4 Å². The molecule has 1 fully saturated rings. The summed E-state index contributed by atoms with van der Waals surface area (Å²) in [7, 11) is 0. The van der Waals surface area contributed by atoms with E-state index in [1.54, 1.807) is 4.90 Å². The van der Waals surface area contributed by atoms with Gasteiger partial charge in [0.25, 0.3) is 5.91 Å². The number of amides is 1. The maximum atomic E-state index is 13.2. The fourth-order valence-corrected chi connectivity index (χ4v) is 4.68. The Bertz CT molecular complexity index is 1020. The average Bonchev–Trinajstić information content (AvgIpc) is 2.97. The van der Waals surface area contributed by atoms with E-state index >= 15 is 0 Å². The van der Waals surface area contributed by atoms with Gasteiger partial charge in [0.05, 0.1) is 10.6 Å². The van der Waals surface area contributed by atoms with Crippen molar-refractivity contribution >= 4 is 34.6 Å². The van der Waals surface area contributed by atoms with E-state index in [0.29, 0.717) is 22.4 Å². The van der Waals surface area contributed by atoms with Gasteiger partial charge in [-0.1, -0.05) is 66.7 Å². The monoisotopic (exact) mass is 450 g/mol. The van der Waals surface area contributed by atoms with Crippen LogP contribution in [0.5, 0.6) is 5.75 Å². The van der Waals surface area contributed by atoms with Gasteiger partial charge in [-0.15, -0.1) is 0 Å². The summed E-state index contributed by atoms with van der Waals surface area (Å²) < 4.78 is 0. The number of aliphatic imine (C=N–C) groups is 1. The SMILES string of the molecule is CCCN1C(=O)/C(=C\c2cc(C(C)(C)C)c(O)c(C(C)(C)C)c2)SC1=Nc1ccccc1. The lowest BCUT2D eigenvalue weighted by molar-refractivity contribution is -0.122. The Morgan fingerprint density at radius 1 is 1.00 bits per heavy atom. The number of rotatable bonds is 4. The molecule has 0 bridgehead atoms. The number of para-hydroxylation sites is 1. The number of hydrogen-bond acceptors (Lipinski definition) is 4. The first-order chi connectivity index (χ1) is 14.9. The van der Waals surface area contributed by atoms with Gasteiger partial charge in [0.2, 0.25) is 0 Å². The molecule has 0 unspecified atom stereocenters. The molecule has 1 heterocycles. The summed E-state index contributed by atoms with van der Waals surface area (Å²) in [5.41, 5.74) is 3.08. The molecule has 0 aliphatic carbocycles. The van der Waals surface area contributed by atoms with E-state index in [1.165, 1.54) is 11.8 Å². The Labute approximate surface area is 196 Å². The maximum Gasteiger partial charge on any atom is 0.266 e. The predicted octanol–water partition coefficient (Wildman–Crippen LogP) is 7.00. The molecule has 2 aromatic rings. The normalized spacial score (nSPS) is 17.6. The highest BCUT2D eigenvalue weighted by Crippen LogP contribution is 2.41. The van der Waals surface area contributed by atoms with Crippen LogP contribution in [0.25, 0.3) is 6.08 Å². The number of phenolic OH excluding ortho intramolecular Hbond substituents is 1. The molecular formula is C27H34N2O2S. The van der Waals surface area contributed by atoms with E-state index in [9.17, 15) is 9.90 Å². The number of hydrogen-bond donors (Lipinski definition) is 1. The van der Waals surface area contributed by atoms with E-state index in [4.69, 9.17) is 4.99 Å². The Morgan fingerprint density at radius 2 is 1.56 bits per heavy atom. The zero-order valence-corrected chi connectivity index (χ0v) is 21.0. The number of carbonyl (C=O) groups excluding carboxylic acids is 1. The second-order valence-electron chi connectivity index (χ2n) is 10.3. The van der Waals surface area contributed by atoms with E-state index in [-0.39, 0.29) is 16.7 Å². The van der Waals surface area contributed by atoms with Crippen LogP contribution in [-0.4, -0.2) is 27.6 Å². The van der Waals surface area contributed by atoms with E-state index < -0.39 is 0 Å². The zero-order valence-electron chi connectivity index (χ0n) is 20.2. The lowest BCUT2D eigenvalue weighted by atomic mass is 9.78. The smallest absolute Gasteiger partial charge is 0.266 e. The molecule has 1 aliphatic heterocycles. The van der Waals surface area contributed by atoms with E-state index in [1.807, 2.05) is 48.5 Å². The van der Waals surface area contributed by atoms with Crippen LogP contribution < -0.4 is 0 Å². The van der Waals surface area contributed by atoms with Crippen LogP contribution in [0, 0.1) is 0 Å².